The zero-order chi connectivity index (χ0) is 18.9. The van der Waals surface area contributed by atoms with E-state index in [1.54, 1.807) is 42.5 Å². The second-order valence-electron chi connectivity index (χ2n) is 6.90. The Morgan fingerprint density at radius 2 is 1.96 bits per heavy atom. The molecule has 0 fully saturated rings. The summed E-state index contributed by atoms with van der Waals surface area (Å²) in [6, 6.07) is 12.0. The Morgan fingerprint density at radius 3 is 2.69 bits per heavy atom. The van der Waals surface area contributed by atoms with Crippen molar-refractivity contribution in [2.45, 2.75) is 19.4 Å². The predicted molar refractivity (Wildman–Crippen MR) is 101 cm³/mol. The molecule has 0 spiro atoms. The quantitative estimate of drug-likeness (QED) is 0.727. The van der Waals surface area contributed by atoms with Gasteiger partial charge < -0.3 is 26.4 Å². The molecule has 0 bridgehead atoms. The van der Waals surface area contributed by atoms with Gasteiger partial charge in [0.15, 0.2) is 0 Å². The maximum absolute atomic E-state index is 12.6. The van der Waals surface area contributed by atoms with Crippen LogP contribution in [0.1, 0.15) is 24.2 Å². The molecule has 3 rings (SSSR count). The minimum atomic E-state index is -0.591. The van der Waals surface area contributed by atoms with Crippen LogP contribution in [0.5, 0.6) is 5.75 Å². The van der Waals surface area contributed by atoms with E-state index in [9.17, 15) is 9.59 Å². The van der Waals surface area contributed by atoms with Crippen molar-refractivity contribution in [1.29, 1.82) is 0 Å². The van der Waals surface area contributed by atoms with Crippen LogP contribution in [0, 0.1) is 0 Å². The number of nitrogens with two attached hydrogens (primary N) is 2. The third kappa shape index (κ3) is 3.72. The highest BCUT2D eigenvalue weighted by Crippen LogP contribution is 2.38. The molecule has 26 heavy (non-hydrogen) atoms. The van der Waals surface area contributed by atoms with Gasteiger partial charge in [-0.2, -0.15) is 0 Å². The van der Waals surface area contributed by atoms with E-state index in [0.29, 0.717) is 23.7 Å². The summed E-state index contributed by atoms with van der Waals surface area (Å²) >= 11 is 0. The van der Waals surface area contributed by atoms with E-state index in [2.05, 4.69) is 5.32 Å². The molecule has 1 heterocycles. The minimum Gasteiger partial charge on any atom is -0.484 e. The number of hydrogen-bond acceptors (Lipinski definition) is 5. The van der Waals surface area contributed by atoms with E-state index in [0.717, 1.165) is 5.69 Å². The van der Waals surface area contributed by atoms with E-state index < -0.39 is 11.5 Å². The summed E-state index contributed by atoms with van der Waals surface area (Å²) in [5.41, 5.74) is 12.8. The van der Waals surface area contributed by atoms with Crippen LogP contribution >= 0.6 is 0 Å². The molecule has 0 aliphatic carbocycles. The number of para-hydroxylation sites is 1. The first-order chi connectivity index (χ1) is 12.2. The molecule has 7 nitrogen and oxygen atoms in total. The van der Waals surface area contributed by atoms with Gasteiger partial charge >= 0.3 is 0 Å². The van der Waals surface area contributed by atoms with Crippen molar-refractivity contribution in [2.24, 2.45) is 5.73 Å². The number of amides is 2. The summed E-state index contributed by atoms with van der Waals surface area (Å²) in [4.78, 5) is 26.0. The standard InChI is InChI=1S/C19H22N4O3/c1-19(2)11-23(15-9-12(20)7-8-16(15)26-19)10-17(24)22-14-6-4-3-5-13(14)18(21)25/h3-9H,10-11,20H2,1-2H3,(H2,21,25)(H,22,24). The number of hydrogen-bond donors (Lipinski definition) is 3. The number of anilines is 3. The second-order valence-corrected chi connectivity index (χ2v) is 6.90. The van der Waals surface area contributed by atoms with Gasteiger partial charge in [0.2, 0.25) is 5.91 Å². The topological polar surface area (TPSA) is 111 Å². The van der Waals surface area contributed by atoms with Crippen molar-refractivity contribution in [3.63, 3.8) is 0 Å². The van der Waals surface area contributed by atoms with Crippen molar-refractivity contribution in [3.8, 4) is 5.75 Å². The van der Waals surface area contributed by atoms with Crippen LogP contribution in [-0.2, 0) is 4.79 Å². The van der Waals surface area contributed by atoms with Crippen LogP contribution in [0.3, 0.4) is 0 Å². The van der Waals surface area contributed by atoms with E-state index in [1.165, 1.54) is 0 Å². The molecule has 0 atom stereocenters. The number of nitrogens with zero attached hydrogens (tertiary/aromatic N) is 1. The number of primary amides is 1. The van der Waals surface area contributed by atoms with Crippen molar-refractivity contribution >= 4 is 28.9 Å². The molecule has 0 unspecified atom stereocenters. The lowest BCUT2D eigenvalue weighted by molar-refractivity contribution is -0.115. The summed E-state index contributed by atoms with van der Waals surface area (Å²) in [6.45, 7) is 4.53. The fraction of sp³-hybridized carbons (Fsp3) is 0.263. The number of rotatable bonds is 4. The lowest BCUT2D eigenvalue weighted by atomic mass is 10.0. The summed E-state index contributed by atoms with van der Waals surface area (Å²) < 4.78 is 5.96. The van der Waals surface area contributed by atoms with E-state index in [4.69, 9.17) is 16.2 Å². The Kier molecular flexibility index (Phi) is 4.46. The molecule has 2 aromatic carbocycles. The Morgan fingerprint density at radius 1 is 1.23 bits per heavy atom. The molecule has 1 aliphatic rings. The van der Waals surface area contributed by atoms with Crippen molar-refractivity contribution in [1.82, 2.24) is 0 Å². The van der Waals surface area contributed by atoms with Gasteiger partial charge in [0, 0.05) is 5.69 Å². The van der Waals surface area contributed by atoms with Gasteiger partial charge in [-0.05, 0) is 44.2 Å². The molecule has 7 heteroatoms. The Bertz CT molecular complexity index is 864. The fourth-order valence-corrected chi connectivity index (χ4v) is 3.05. The average Bonchev–Trinajstić information content (AvgIpc) is 2.55. The van der Waals surface area contributed by atoms with Crippen LogP contribution in [-0.4, -0.2) is 30.5 Å². The third-order valence-corrected chi connectivity index (χ3v) is 4.08. The van der Waals surface area contributed by atoms with Crippen LogP contribution in [0.15, 0.2) is 42.5 Å². The van der Waals surface area contributed by atoms with E-state index in [-0.39, 0.29) is 18.0 Å². The zero-order valence-corrected chi connectivity index (χ0v) is 14.8. The van der Waals surface area contributed by atoms with Crippen LogP contribution in [0.4, 0.5) is 17.1 Å². The van der Waals surface area contributed by atoms with Crippen LogP contribution in [0.2, 0.25) is 0 Å². The maximum Gasteiger partial charge on any atom is 0.250 e. The minimum absolute atomic E-state index is 0.0936. The summed E-state index contributed by atoms with van der Waals surface area (Å²) in [5, 5.41) is 2.76. The number of ether oxygens (including phenoxy) is 1. The van der Waals surface area contributed by atoms with E-state index in [1.807, 2.05) is 18.7 Å². The molecule has 2 amide bonds. The van der Waals surface area contributed by atoms with Crippen LogP contribution < -0.4 is 26.4 Å². The van der Waals surface area contributed by atoms with Gasteiger partial charge in [-0.25, -0.2) is 0 Å². The van der Waals surface area contributed by atoms with E-state index >= 15 is 0 Å². The molecule has 0 radical (unpaired) electrons. The van der Waals surface area contributed by atoms with Gasteiger partial charge in [-0.3, -0.25) is 9.59 Å². The second kappa shape index (κ2) is 6.59. The predicted octanol–water partition coefficient (Wildman–Crippen LogP) is 1.98. The van der Waals surface area contributed by atoms with Crippen molar-refractivity contribution < 1.29 is 14.3 Å². The number of fused-ring (bicyclic) bond motifs is 1. The smallest absolute Gasteiger partial charge is 0.250 e. The number of carbonyl (C=O) groups is 2. The highest BCUT2D eigenvalue weighted by atomic mass is 16.5. The SMILES string of the molecule is CC1(C)CN(CC(=O)Nc2ccccc2C(N)=O)c2cc(N)ccc2O1. The number of nitrogen functional groups attached to an aromatic ring is 1. The van der Waals surface area contributed by atoms with Crippen LogP contribution in [0.25, 0.3) is 0 Å². The maximum atomic E-state index is 12.6. The van der Waals surface area contributed by atoms with Gasteiger partial charge in [0.25, 0.3) is 5.91 Å². The lowest BCUT2D eigenvalue weighted by Gasteiger charge is -2.40. The Labute approximate surface area is 151 Å². The first-order valence-electron chi connectivity index (χ1n) is 8.27. The van der Waals surface area contributed by atoms with Gasteiger partial charge in [0.05, 0.1) is 30.0 Å². The molecule has 0 aromatic heterocycles. The molecule has 5 N–H and O–H groups in total. The highest BCUT2D eigenvalue weighted by Gasteiger charge is 2.32. The number of nitrogens with one attached hydrogen (secondary N) is 1. The first-order valence-corrected chi connectivity index (χ1v) is 8.27. The summed E-state index contributed by atoms with van der Waals surface area (Å²) in [7, 11) is 0. The van der Waals surface area contributed by atoms with Crippen molar-refractivity contribution in [3.05, 3.63) is 48.0 Å². The lowest BCUT2D eigenvalue weighted by Crippen LogP contribution is -2.49. The molecule has 136 valence electrons. The molecular formula is C19H22N4O3. The van der Waals surface area contributed by atoms with Gasteiger partial charge in [0.1, 0.15) is 11.4 Å². The monoisotopic (exact) mass is 354 g/mol. The number of carbonyl (C=O) groups excluding carboxylic acids is 2. The largest absolute Gasteiger partial charge is 0.484 e. The Hall–Kier alpha value is -3.22. The van der Waals surface area contributed by atoms with Gasteiger partial charge in [-0.1, -0.05) is 12.1 Å². The molecule has 0 saturated carbocycles. The highest BCUT2D eigenvalue weighted by molar-refractivity contribution is 6.04. The molecule has 1 aliphatic heterocycles. The van der Waals surface area contributed by atoms with Gasteiger partial charge in [-0.15, -0.1) is 0 Å². The zero-order valence-electron chi connectivity index (χ0n) is 14.8. The average molecular weight is 354 g/mol. The normalized spacial score (nSPS) is 14.9. The molecule has 0 saturated heterocycles. The summed E-state index contributed by atoms with van der Waals surface area (Å²) in [6.07, 6.45) is 0. The fourth-order valence-electron chi connectivity index (χ4n) is 3.05. The molecule has 2 aromatic rings. The van der Waals surface area contributed by atoms with Crippen molar-refractivity contribution in [2.75, 3.05) is 29.0 Å². The summed E-state index contributed by atoms with van der Waals surface area (Å²) in [5.74, 6) is -0.169. The first kappa shape index (κ1) is 17.6. The number of benzene rings is 2. The molecular weight excluding hydrogens is 332 g/mol. The Balaban J connectivity index is 1.82. The third-order valence-electron chi connectivity index (χ3n) is 4.08.